The molecule has 3 aromatic carbocycles. The molecule has 0 spiro atoms. The van der Waals surface area contributed by atoms with Crippen molar-refractivity contribution in [2.75, 3.05) is 11.9 Å². The Morgan fingerprint density at radius 2 is 1.69 bits per heavy atom. The van der Waals surface area contributed by atoms with Crippen LogP contribution >= 0.6 is 45.2 Å². The Labute approximate surface area is 232 Å². The zero-order valence-electron chi connectivity index (χ0n) is 18.4. The van der Waals surface area contributed by atoms with Crippen molar-refractivity contribution in [1.82, 2.24) is 10.2 Å². The van der Waals surface area contributed by atoms with E-state index < -0.39 is 30.2 Å². The number of ether oxygens (including phenoxy) is 1. The molecule has 7 nitrogen and oxygen atoms in total. The fourth-order valence-electron chi connectivity index (χ4n) is 3.31. The number of hydrogen-bond donors (Lipinski definition) is 2. The summed E-state index contributed by atoms with van der Waals surface area (Å²) in [6.07, 6.45) is 1.50. The number of carbonyl (C=O) groups excluding carboxylic acids is 3. The van der Waals surface area contributed by atoms with Gasteiger partial charge in [0.1, 0.15) is 36.2 Å². The van der Waals surface area contributed by atoms with Gasteiger partial charge in [-0.2, -0.15) is 0 Å². The molecule has 1 aliphatic rings. The lowest BCUT2D eigenvalue weighted by Crippen LogP contribution is -2.38. The maximum Gasteiger partial charge on any atom is 0.329 e. The van der Waals surface area contributed by atoms with E-state index in [-0.39, 0.29) is 23.8 Å². The molecule has 0 unspecified atom stereocenters. The number of amides is 4. The van der Waals surface area contributed by atoms with Gasteiger partial charge in [0.25, 0.3) is 5.91 Å². The summed E-state index contributed by atoms with van der Waals surface area (Å²) in [6.45, 7) is -0.313. The second kappa shape index (κ2) is 11.3. The molecule has 1 heterocycles. The summed E-state index contributed by atoms with van der Waals surface area (Å²) in [7, 11) is 0. The number of nitrogens with zero attached hydrogens (tertiary/aromatic N) is 1. The maximum atomic E-state index is 13.8. The van der Waals surface area contributed by atoms with Crippen LogP contribution in [0.2, 0.25) is 0 Å². The van der Waals surface area contributed by atoms with Gasteiger partial charge in [0.05, 0.1) is 12.8 Å². The van der Waals surface area contributed by atoms with Crippen LogP contribution in [-0.4, -0.2) is 29.3 Å². The SMILES string of the molecule is O=C(CN1C(=O)N/C(=C/c2cc(I)c(OCc3ccc(F)cc3)c(I)c2)C1=O)Nc1ccccc1F. The summed E-state index contributed by atoms with van der Waals surface area (Å²) in [6, 6.07) is 14.4. The smallest absolute Gasteiger partial charge is 0.329 e. The molecule has 0 atom stereocenters. The summed E-state index contributed by atoms with van der Waals surface area (Å²) in [5, 5.41) is 4.81. The third-order valence-electron chi connectivity index (χ3n) is 5.04. The minimum atomic E-state index is -0.751. The van der Waals surface area contributed by atoms with Crippen molar-refractivity contribution in [1.29, 1.82) is 0 Å². The third kappa shape index (κ3) is 6.19. The van der Waals surface area contributed by atoms with Crippen LogP contribution in [0.15, 0.2) is 66.4 Å². The Bertz CT molecular complexity index is 1360. The number of carbonyl (C=O) groups is 3. The lowest BCUT2D eigenvalue weighted by atomic mass is 10.2. The standard InChI is InChI=1S/C25H17F2I2N3O4/c26-16-7-5-14(6-8-16)13-36-23-18(28)9-15(10-19(23)29)11-21-24(34)32(25(35)31-21)12-22(33)30-20-4-2-1-3-17(20)27/h1-11H,12-13H2,(H,30,33)(H,31,35)/b21-11+. The van der Waals surface area contributed by atoms with Gasteiger partial charge in [-0.3, -0.25) is 9.59 Å². The molecule has 36 heavy (non-hydrogen) atoms. The first-order valence-electron chi connectivity index (χ1n) is 10.5. The van der Waals surface area contributed by atoms with Gasteiger partial charge >= 0.3 is 6.03 Å². The highest BCUT2D eigenvalue weighted by Gasteiger charge is 2.35. The Hall–Kier alpha value is -3.07. The summed E-state index contributed by atoms with van der Waals surface area (Å²) in [5.41, 5.74) is 1.41. The maximum absolute atomic E-state index is 13.8. The molecule has 0 aromatic heterocycles. The van der Waals surface area contributed by atoms with E-state index in [1.54, 1.807) is 30.3 Å². The van der Waals surface area contributed by atoms with E-state index >= 15 is 0 Å². The topological polar surface area (TPSA) is 87.7 Å². The largest absolute Gasteiger partial charge is 0.487 e. The highest BCUT2D eigenvalue weighted by atomic mass is 127. The average Bonchev–Trinajstić information content (AvgIpc) is 3.08. The summed E-state index contributed by atoms with van der Waals surface area (Å²) in [5.74, 6) is -1.70. The van der Waals surface area contributed by atoms with Gasteiger partial charge in [0.15, 0.2) is 0 Å². The molecule has 4 rings (SSSR count). The van der Waals surface area contributed by atoms with Gasteiger partial charge in [-0.25, -0.2) is 18.5 Å². The van der Waals surface area contributed by atoms with Crippen molar-refractivity contribution in [3.63, 3.8) is 0 Å². The average molecular weight is 715 g/mol. The van der Waals surface area contributed by atoms with Crippen LogP contribution in [0.3, 0.4) is 0 Å². The first-order valence-corrected chi connectivity index (χ1v) is 12.6. The zero-order valence-corrected chi connectivity index (χ0v) is 22.7. The van der Waals surface area contributed by atoms with Gasteiger partial charge in [-0.15, -0.1) is 0 Å². The highest BCUT2D eigenvalue weighted by Crippen LogP contribution is 2.31. The predicted molar refractivity (Wildman–Crippen MR) is 146 cm³/mol. The van der Waals surface area contributed by atoms with Crippen molar-refractivity contribution in [2.24, 2.45) is 0 Å². The number of para-hydroxylation sites is 1. The fourth-order valence-corrected chi connectivity index (χ4v) is 5.44. The van der Waals surface area contributed by atoms with Gasteiger partial charge in [0.2, 0.25) is 5.91 Å². The summed E-state index contributed by atoms with van der Waals surface area (Å²) < 4.78 is 34.3. The van der Waals surface area contributed by atoms with E-state index in [1.165, 1.54) is 36.4 Å². The fraction of sp³-hybridized carbons (Fsp3) is 0.0800. The van der Waals surface area contributed by atoms with Crippen molar-refractivity contribution < 1.29 is 27.9 Å². The molecule has 0 bridgehead atoms. The molecule has 1 fully saturated rings. The van der Waals surface area contributed by atoms with Gasteiger partial charge < -0.3 is 15.4 Å². The lowest BCUT2D eigenvalue weighted by molar-refractivity contribution is -0.127. The van der Waals surface area contributed by atoms with Crippen LogP contribution in [0.4, 0.5) is 19.3 Å². The summed E-state index contributed by atoms with van der Waals surface area (Å²) >= 11 is 4.21. The van der Waals surface area contributed by atoms with Crippen LogP contribution in [-0.2, 0) is 16.2 Å². The minimum Gasteiger partial charge on any atom is -0.487 e. The first kappa shape index (κ1) is 26.0. The number of anilines is 1. The van der Waals surface area contributed by atoms with Crippen molar-refractivity contribution in [2.45, 2.75) is 6.61 Å². The highest BCUT2D eigenvalue weighted by molar-refractivity contribution is 14.1. The van der Waals surface area contributed by atoms with Gasteiger partial charge in [-0.05, 0) is 98.8 Å². The number of urea groups is 1. The number of nitrogens with one attached hydrogen (secondary N) is 2. The molecule has 184 valence electrons. The molecule has 4 amide bonds. The van der Waals surface area contributed by atoms with Crippen molar-refractivity contribution in [3.8, 4) is 5.75 Å². The Morgan fingerprint density at radius 1 is 1.03 bits per heavy atom. The van der Waals surface area contributed by atoms with E-state index in [0.717, 1.165) is 17.6 Å². The number of benzene rings is 3. The van der Waals surface area contributed by atoms with Crippen LogP contribution in [0.5, 0.6) is 5.75 Å². The monoisotopic (exact) mass is 715 g/mol. The molecule has 1 aliphatic heterocycles. The first-order chi connectivity index (χ1) is 17.2. The lowest BCUT2D eigenvalue weighted by Gasteiger charge is -2.12. The Balaban J connectivity index is 1.44. The number of imide groups is 1. The van der Waals surface area contributed by atoms with Crippen LogP contribution in [0.1, 0.15) is 11.1 Å². The van der Waals surface area contributed by atoms with Crippen molar-refractivity contribution in [3.05, 3.63) is 96.3 Å². The second-order valence-corrected chi connectivity index (χ2v) is 9.96. The van der Waals surface area contributed by atoms with Crippen LogP contribution in [0, 0.1) is 18.8 Å². The number of rotatable bonds is 7. The van der Waals surface area contributed by atoms with Gasteiger partial charge in [-0.1, -0.05) is 24.3 Å². The molecular formula is C25H17F2I2N3O4. The van der Waals surface area contributed by atoms with Gasteiger partial charge in [0, 0.05) is 0 Å². The van der Waals surface area contributed by atoms with Crippen LogP contribution in [0.25, 0.3) is 6.08 Å². The number of halogens is 4. The Morgan fingerprint density at radius 3 is 2.36 bits per heavy atom. The number of hydrogen-bond acceptors (Lipinski definition) is 4. The second-order valence-electron chi connectivity index (χ2n) is 7.64. The normalized spacial score (nSPS) is 14.2. The molecule has 0 aliphatic carbocycles. The Kier molecular flexibility index (Phi) is 8.18. The van der Waals surface area contributed by atoms with E-state index in [9.17, 15) is 23.2 Å². The minimum absolute atomic E-state index is 0.00488. The zero-order chi connectivity index (χ0) is 25.8. The molecule has 11 heteroatoms. The molecular weight excluding hydrogens is 698 g/mol. The molecule has 1 saturated heterocycles. The molecule has 0 saturated carbocycles. The van der Waals surface area contributed by atoms with Crippen LogP contribution < -0.4 is 15.4 Å². The predicted octanol–water partition coefficient (Wildman–Crippen LogP) is 5.28. The van der Waals surface area contributed by atoms with Crippen molar-refractivity contribution >= 4 is 74.8 Å². The van der Waals surface area contributed by atoms with E-state index in [1.807, 2.05) is 0 Å². The van der Waals surface area contributed by atoms with E-state index in [4.69, 9.17) is 4.74 Å². The third-order valence-corrected chi connectivity index (χ3v) is 6.64. The van der Waals surface area contributed by atoms with E-state index in [0.29, 0.717) is 11.3 Å². The quantitative estimate of drug-likeness (QED) is 0.198. The molecule has 0 radical (unpaired) electrons. The summed E-state index contributed by atoms with van der Waals surface area (Å²) in [4.78, 5) is 38.1. The molecule has 2 N–H and O–H groups in total. The molecule has 3 aromatic rings. The van der Waals surface area contributed by atoms with E-state index in [2.05, 4.69) is 55.8 Å².